The van der Waals surface area contributed by atoms with Crippen molar-refractivity contribution in [2.75, 3.05) is 0 Å². The Labute approximate surface area is 102 Å². The Morgan fingerprint density at radius 1 is 1.12 bits per heavy atom. The lowest BCUT2D eigenvalue weighted by molar-refractivity contribution is 0.593. The van der Waals surface area contributed by atoms with Crippen LogP contribution in [0.25, 0.3) is 0 Å². The zero-order valence-corrected chi connectivity index (χ0v) is 10.6. The molecular weight excluding hydrogens is 212 g/mol. The van der Waals surface area contributed by atoms with E-state index < -0.39 is 10.8 Å². The Morgan fingerprint density at radius 2 is 1.71 bits per heavy atom. The molecule has 0 spiro atoms. The quantitative estimate of drug-likeness (QED) is 0.789. The molecule has 0 aromatic rings. The number of hydrogen-bond donors (Lipinski definition) is 1. The first-order chi connectivity index (χ1) is 7.85. The summed E-state index contributed by atoms with van der Waals surface area (Å²) in [5.41, 5.74) is 2.72. The number of nitrogens with zero attached hydrogens (tertiary/aromatic N) is 3. The summed E-state index contributed by atoms with van der Waals surface area (Å²) in [5, 5.41) is 22.6. The highest BCUT2D eigenvalue weighted by Gasteiger charge is 2.36. The average molecular weight is 228 g/mol. The predicted molar refractivity (Wildman–Crippen MR) is 66.6 cm³/mol. The smallest absolute Gasteiger partial charge is 0.0958 e. The van der Waals surface area contributed by atoms with Crippen molar-refractivity contribution in [3.05, 3.63) is 23.9 Å². The molecule has 1 N–H and O–H groups in total. The van der Waals surface area contributed by atoms with Crippen LogP contribution in [-0.4, -0.2) is 5.71 Å². The number of nitrogens with one attached hydrogen (secondary N) is 1. The molecule has 0 unspecified atom stereocenters. The fourth-order valence-electron chi connectivity index (χ4n) is 1.52. The maximum Gasteiger partial charge on any atom is 0.0958 e. The molecule has 0 bridgehead atoms. The highest BCUT2D eigenvalue weighted by atomic mass is 15.3. The molecule has 0 fully saturated rings. The predicted octanol–water partition coefficient (Wildman–Crippen LogP) is 2.49. The van der Waals surface area contributed by atoms with Crippen LogP contribution in [0.3, 0.4) is 0 Å². The fraction of sp³-hybridized carbons (Fsp3) is 0.462. The van der Waals surface area contributed by atoms with Crippen LogP contribution in [0.2, 0.25) is 0 Å². The lowest BCUT2D eigenvalue weighted by atomic mass is 9.74. The molecule has 1 aliphatic rings. The Hall–Kier alpha value is -2.07. The normalized spacial score (nSPS) is 15.9. The van der Waals surface area contributed by atoms with Gasteiger partial charge in [0.25, 0.3) is 0 Å². The number of rotatable bonds is 2. The summed E-state index contributed by atoms with van der Waals surface area (Å²) < 4.78 is 0. The van der Waals surface area contributed by atoms with Crippen molar-refractivity contribution in [1.29, 1.82) is 10.5 Å². The van der Waals surface area contributed by atoms with Gasteiger partial charge in [-0.1, -0.05) is 6.08 Å². The van der Waals surface area contributed by atoms with Gasteiger partial charge < -0.3 is 0 Å². The first kappa shape index (κ1) is 13.0. The molecule has 4 nitrogen and oxygen atoms in total. The summed E-state index contributed by atoms with van der Waals surface area (Å²) in [4.78, 5) is 0. The van der Waals surface area contributed by atoms with Crippen LogP contribution in [0.15, 0.2) is 29.0 Å². The van der Waals surface area contributed by atoms with Gasteiger partial charge in [-0.05, 0) is 39.3 Å². The standard InChI is InChI=1S/C13H16N4/c1-12(2,8-14)10-6-5-7-16-17-11(10)13(3,4)9-15/h5-7,16H,1-4H3. The summed E-state index contributed by atoms with van der Waals surface area (Å²) in [6.07, 6.45) is 5.30. The Kier molecular flexibility index (Phi) is 3.39. The molecule has 0 atom stereocenters. The second-order valence-electron chi connectivity index (χ2n) is 5.00. The van der Waals surface area contributed by atoms with Gasteiger partial charge in [0, 0.05) is 6.20 Å². The first-order valence-electron chi connectivity index (χ1n) is 5.39. The van der Waals surface area contributed by atoms with Crippen molar-refractivity contribution in [1.82, 2.24) is 5.43 Å². The van der Waals surface area contributed by atoms with Gasteiger partial charge in [0.1, 0.15) is 0 Å². The molecule has 0 saturated heterocycles. The summed E-state index contributed by atoms with van der Waals surface area (Å²) in [6.45, 7) is 7.22. The van der Waals surface area contributed by atoms with Gasteiger partial charge in [0.2, 0.25) is 0 Å². The molecule has 0 aromatic carbocycles. The zero-order chi connectivity index (χ0) is 13.1. The van der Waals surface area contributed by atoms with E-state index >= 15 is 0 Å². The van der Waals surface area contributed by atoms with Crippen LogP contribution in [0.1, 0.15) is 27.7 Å². The van der Waals surface area contributed by atoms with Crippen LogP contribution in [0.4, 0.5) is 0 Å². The minimum Gasteiger partial charge on any atom is -0.285 e. The maximum atomic E-state index is 9.22. The van der Waals surface area contributed by atoms with Crippen molar-refractivity contribution in [2.24, 2.45) is 15.9 Å². The van der Waals surface area contributed by atoms with Crippen LogP contribution < -0.4 is 5.43 Å². The molecule has 0 saturated carbocycles. The lowest BCUT2D eigenvalue weighted by Crippen LogP contribution is -2.31. The van der Waals surface area contributed by atoms with E-state index in [1.165, 1.54) is 0 Å². The van der Waals surface area contributed by atoms with Gasteiger partial charge in [-0.3, -0.25) is 5.43 Å². The number of nitriles is 2. The summed E-state index contributed by atoms with van der Waals surface area (Å²) in [7, 11) is 0. The van der Waals surface area contributed by atoms with Crippen LogP contribution in [0, 0.1) is 33.5 Å². The van der Waals surface area contributed by atoms with E-state index in [0.717, 1.165) is 5.57 Å². The average Bonchev–Trinajstić information content (AvgIpc) is 2.55. The highest BCUT2D eigenvalue weighted by Crippen LogP contribution is 2.33. The molecule has 88 valence electrons. The minimum absolute atomic E-state index is 0.608. The molecule has 0 amide bonds. The van der Waals surface area contributed by atoms with Crippen molar-refractivity contribution < 1.29 is 0 Å². The second kappa shape index (κ2) is 4.43. The van der Waals surface area contributed by atoms with Gasteiger partial charge in [-0.15, -0.1) is 0 Å². The van der Waals surface area contributed by atoms with E-state index in [2.05, 4.69) is 22.7 Å². The molecule has 0 aromatic heterocycles. The monoisotopic (exact) mass is 228 g/mol. The summed E-state index contributed by atoms with van der Waals surface area (Å²) in [5.74, 6) is 0. The fourth-order valence-corrected chi connectivity index (χ4v) is 1.52. The topological polar surface area (TPSA) is 72.0 Å². The van der Waals surface area contributed by atoms with E-state index in [1.54, 1.807) is 26.1 Å². The van der Waals surface area contributed by atoms with E-state index in [4.69, 9.17) is 0 Å². The van der Waals surface area contributed by atoms with Crippen molar-refractivity contribution in [2.45, 2.75) is 27.7 Å². The Bertz CT molecular complexity index is 479. The highest BCUT2D eigenvalue weighted by molar-refractivity contribution is 6.07. The summed E-state index contributed by atoms with van der Waals surface area (Å²) in [6, 6.07) is 4.46. The summed E-state index contributed by atoms with van der Waals surface area (Å²) >= 11 is 0. The van der Waals surface area contributed by atoms with Crippen molar-refractivity contribution in [3.63, 3.8) is 0 Å². The third-order valence-electron chi connectivity index (χ3n) is 2.69. The van der Waals surface area contributed by atoms with Crippen LogP contribution >= 0.6 is 0 Å². The molecule has 4 heteroatoms. The maximum absolute atomic E-state index is 9.22. The molecule has 1 rings (SSSR count). The van der Waals surface area contributed by atoms with Gasteiger partial charge in [0.05, 0.1) is 28.7 Å². The van der Waals surface area contributed by atoms with Crippen molar-refractivity contribution >= 4 is 5.71 Å². The number of hydrogen-bond acceptors (Lipinski definition) is 4. The van der Waals surface area contributed by atoms with E-state index in [-0.39, 0.29) is 0 Å². The van der Waals surface area contributed by atoms with E-state index in [1.807, 2.05) is 19.9 Å². The van der Waals surface area contributed by atoms with E-state index in [0.29, 0.717) is 5.71 Å². The zero-order valence-electron chi connectivity index (χ0n) is 10.6. The molecule has 1 aliphatic heterocycles. The Balaban J connectivity index is 3.35. The van der Waals surface area contributed by atoms with Crippen LogP contribution in [0.5, 0.6) is 0 Å². The molecule has 17 heavy (non-hydrogen) atoms. The van der Waals surface area contributed by atoms with Crippen LogP contribution in [-0.2, 0) is 0 Å². The van der Waals surface area contributed by atoms with E-state index in [9.17, 15) is 10.5 Å². The first-order valence-corrected chi connectivity index (χ1v) is 5.39. The minimum atomic E-state index is -0.737. The SMILES string of the molecule is CC(C)(C#N)C1=CC=CNN=C1C(C)(C)C#N. The largest absolute Gasteiger partial charge is 0.285 e. The third-order valence-corrected chi connectivity index (χ3v) is 2.69. The van der Waals surface area contributed by atoms with Gasteiger partial charge >= 0.3 is 0 Å². The molecular formula is C13H16N4. The third kappa shape index (κ3) is 2.54. The van der Waals surface area contributed by atoms with Gasteiger partial charge in [-0.25, -0.2) is 0 Å². The lowest BCUT2D eigenvalue weighted by Gasteiger charge is -2.27. The second-order valence-corrected chi connectivity index (χ2v) is 5.00. The Morgan fingerprint density at radius 3 is 2.24 bits per heavy atom. The number of hydrazone groups is 1. The molecule has 0 aliphatic carbocycles. The molecule has 1 heterocycles. The molecule has 0 radical (unpaired) electrons. The number of allylic oxidation sites excluding steroid dienone is 3. The van der Waals surface area contributed by atoms with Gasteiger partial charge in [0.15, 0.2) is 0 Å². The van der Waals surface area contributed by atoms with Gasteiger partial charge in [-0.2, -0.15) is 15.6 Å². The van der Waals surface area contributed by atoms with Crippen molar-refractivity contribution in [3.8, 4) is 12.1 Å².